The number of methoxy groups -OCH3 is 1. The molecule has 1 aliphatic carbocycles. The molecule has 11 nitrogen and oxygen atoms in total. The fourth-order valence-electron chi connectivity index (χ4n) is 5.15. The number of hydrogen-bond donors (Lipinski definition) is 3. The Kier molecular flexibility index (Phi) is 8.12. The highest BCUT2D eigenvalue weighted by Gasteiger charge is 2.37. The Labute approximate surface area is 230 Å². The van der Waals surface area contributed by atoms with Crippen molar-refractivity contribution in [3.63, 3.8) is 0 Å². The van der Waals surface area contributed by atoms with E-state index in [9.17, 15) is 18.0 Å². The molecule has 39 heavy (non-hydrogen) atoms. The van der Waals surface area contributed by atoms with Crippen LogP contribution in [0.5, 0.6) is 5.88 Å². The number of anilines is 1. The number of carbonyl (C=O) groups excluding carboxylic acids is 1. The second-order valence-corrected chi connectivity index (χ2v) is 12.9. The number of aromatic nitrogens is 2. The Balaban J connectivity index is 1.31. The highest BCUT2D eigenvalue weighted by atomic mass is 32.2. The number of carboxylic acid groups (broad SMARTS) is 1. The number of ether oxygens (including phenoxy) is 1. The summed E-state index contributed by atoms with van der Waals surface area (Å²) in [4.78, 5) is 33.9. The lowest BCUT2D eigenvalue weighted by atomic mass is 9.87. The van der Waals surface area contributed by atoms with Gasteiger partial charge in [-0.15, -0.1) is 0 Å². The van der Waals surface area contributed by atoms with E-state index in [4.69, 9.17) is 9.84 Å². The van der Waals surface area contributed by atoms with Crippen LogP contribution < -0.4 is 15.4 Å². The van der Waals surface area contributed by atoms with Crippen LogP contribution in [0.3, 0.4) is 0 Å². The van der Waals surface area contributed by atoms with E-state index in [0.29, 0.717) is 33.7 Å². The summed E-state index contributed by atoms with van der Waals surface area (Å²) in [5, 5.41) is 15.0. The van der Waals surface area contributed by atoms with Gasteiger partial charge in [-0.1, -0.05) is 49.2 Å². The van der Waals surface area contributed by atoms with Crippen LogP contribution in [-0.4, -0.2) is 72.5 Å². The van der Waals surface area contributed by atoms with Gasteiger partial charge < -0.3 is 20.5 Å². The minimum atomic E-state index is -3.71. The molecule has 3 N–H and O–H groups in total. The minimum absolute atomic E-state index is 0.147. The summed E-state index contributed by atoms with van der Waals surface area (Å²) in [6.07, 6.45) is 5.14. The summed E-state index contributed by atoms with van der Waals surface area (Å²) in [5.41, 5.74) is 1.42. The summed E-state index contributed by atoms with van der Waals surface area (Å²) in [5.74, 6) is -0.708. The van der Waals surface area contributed by atoms with E-state index in [1.807, 2.05) is 0 Å². The highest BCUT2D eigenvalue weighted by molar-refractivity contribution is 7.89. The Bertz CT molecular complexity index is 1450. The van der Waals surface area contributed by atoms with Crippen LogP contribution in [0, 0.1) is 5.92 Å². The molecular weight excluding hydrogens is 542 g/mol. The predicted octanol–water partition coefficient (Wildman–Crippen LogP) is 3.05. The molecule has 208 valence electrons. The number of fused-ring (bicyclic) bond motifs is 1. The standard InChI is InChI=1S/C26H31N5O6S2/c1-37-22-11-10-21-25(29-22)38-26(28-21)30-24(34)20(12-16-4-2-3-5-16)17-6-8-19(9-7-17)39(35,36)31-14-18(15-31)27-13-23(32)33/h6-11,16,18,20,27H,2-5,12-15H2,1H3,(H,32,33)(H,28,30,34). The molecular formula is C26H31N5O6S2. The second kappa shape index (κ2) is 11.5. The maximum atomic E-state index is 13.5. The van der Waals surface area contributed by atoms with Gasteiger partial charge in [0, 0.05) is 25.2 Å². The summed E-state index contributed by atoms with van der Waals surface area (Å²) in [6.45, 7) is 0.222. The molecule has 13 heteroatoms. The summed E-state index contributed by atoms with van der Waals surface area (Å²) in [7, 11) is -2.16. The molecule has 0 spiro atoms. The fourth-order valence-corrected chi connectivity index (χ4v) is 7.51. The first-order valence-electron chi connectivity index (χ1n) is 12.9. The third-order valence-electron chi connectivity index (χ3n) is 7.34. The van der Waals surface area contributed by atoms with Crippen molar-refractivity contribution in [1.82, 2.24) is 19.6 Å². The predicted molar refractivity (Wildman–Crippen MR) is 147 cm³/mol. The van der Waals surface area contributed by atoms with Crippen LogP contribution in [0.15, 0.2) is 41.3 Å². The van der Waals surface area contributed by atoms with E-state index in [1.54, 1.807) is 43.5 Å². The van der Waals surface area contributed by atoms with Gasteiger partial charge in [-0.05, 0) is 36.1 Å². The first kappa shape index (κ1) is 27.4. The molecule has 1 amide bonds. The van der Waals surface area contributed by atoms with E-state index in [0.717, 1.165) is 31.2 Å². The van der Waals surface area contributed by atoms with Gasteiger partial charge in [0.1, 0.15) is 10.3 Å². The van der Waals surface area contributed by atoms with E-state index in [1.165, 1.54) is 15.6 Å². The highest BCUT2D eigenvalue weighted by Crippen LogP contribution is 2.36. The number of amides is 1. The van der Waals surface area contributed by atoms with E-state index < -0.39 is 21.9 Å². The number of hydrogen-bond acceptors (Lipinski definition) is 9. The maximum Gasteiger partial charge on any atom is 0.317 e. The fraction of sp³-hybridized carbons (Fsp3) is 0.462. The van der Waals surface area contributed by atoms with Crippen LogP contribution in [-0.2, 0) is 19.6 Å². The SMILES string of the molecule is COc1ccc2nc(NC(=O)C(CC3CCCC3)c3ccc(S(=O)(=O)N4CC(NCC(=O)O)C4)cc3)sc2n1. The van der Waals surface area contributed by atoms with Gasteiger partial charge in [0.15, 0.2) is 5.13 Å². The van der Waals surface area contributed by atoms with Gasteiger partial charge in [0.05, 0.1) is 24.5 Å². The number of nitrogens with one attached hydrogen (secondary N) is 2. The van der Waals surface area contributed by atoms with Gasteiger partial charge in [0.25, 0.3) is 0 Å². The maximum absolute atomic E-state index is 13.5. The summed E-state index contributed by atoms with van der Waals surface area (Å²) in [6, 6.07) is 9.86. The Hall–Kier alpha value is -3.13. The Morgan fingerprint density at radius 3 is 2.51 bits per heavy atom. The molecule has 0 radical (unpaired) electrons. The number of sulfonamides is 1. The monoisotopic (exact) mass is 573 g/mol. The number of benzene rings is 1. The van der Waals surface area contributed by atoms with Crippen molar-refractivity contribution >= 4 is 48.7 Å². The molecule has 2 fully saturated rings. The topological polar surface area (TPSA) is 151 Å². The van der Waals surface area contributed by atoms with E-state index in [2.05, 4.69) is 20.6 Å². The lowest BCUT2D eigenvalue weighted by Crippen LogP contribution is -2.60. The normalized spacial score (nSPS) is 17.7. The molecule has 1 unspecified atom stereocenters. The number of pyridine rings is 1. The molecule has 5 rings (SSSR count). The van der Waals surface area contributed by atoms with Gasteiger partial charge in [-0.25, -0.2) is 18.4 Å². The minimum Gasteiger partial charge on any atom is -0.481 e. The van der Waals surface area contributed by atoms with Gasteiger partial charge in [0.2, 0.25) is 21.8 Å². The number of carboxylic acids is 1. The molecule has 1 saturated carbocycles. The third kappa shape index (κ3) is 6.21. The van der Waals surface area contributed by atoms with Crippen LogP contribution in [0.25, 0.3) is 10.3 Å². The average molecular weight is 574 g/mol. The van der Waals surface area contributed by atoms with Crippen LogP contribution in [0.2, 0.25) is 0 Å². The molecule has 3 aromatic rings. The van der Waals surface area contributed by atoms with Gasteiger partial charge in [-0.3, -0.25) is 9.59 Å². The van der Waals surface area contributed by atoms with Crippen molar-refractivity contribution < 1.29 is 27.9 Å². The first-order chi connectivity index (χ1) is 18.7. The van der Waals surface area contributed by atoms with Crippen molar-refractivity contribution in [3.05, 3.63) is 42.0 Å². The Morgan fingerprint density at radius 2 is 1.85 bits per heavy atom. The third-order valence-corrected chi connectivity index (χ3v) is 10.1. The molecule has 0 bridgehead atoms. The number of nitrogens with zero attached hydrogens (tertiary/aromatic N) is 3. The largest absolute Gasteiger partial charge is 0.481 e. The lowest BCUT2D eigenvalue weighted by Gasteiger charge is -2.38. The molecule has 1 atom stereocenters. The molecule has 1 aromatic carbocycles. The zero-order valence-electron chi connectivity index (χ0n) is 21.5. The van der Waals surface area contributed by atoms with Gasteiger partial charge in [-0.2, -0.15) is 4.31 Å². The van der Waals surface area contributed by atoms with Crippen LogP contribution in [0.1, 0.15) is 43.6 Å². The smallest absolute Gasteiger partial charge is 0.317 e. The summed E-state index contributed by atoms with van der Waals surface area (Å²) < 4.78 is 32.6. The van der Waals surface area contributed by atoms with E-state index in [-0.39, 0.29) is 36.5 Å². The number of carbonyl (C=O) groups is 2. The lowest BCUT2D eigenvalue weighted by molar-refractivity contribution is -0.136. The molecule has 1 aliphatic heterocycles. The van der Waals surface area contributed by atoms with Crippen molar-refractivity contribution in [1.29, 1.82) is 0 Å². The second-order valence-electron chi connectivity index (χ2n) is 9.99. The van der Waals surface area contributed by atoms with Crippen molar-refractivity contribution in [2.24, 2.45) is 5.92 Å². The number of aliphatic carboxylic acids is 1. The molecule has 2 aliphatic rings. The van der Waals surface area contributed by atoms with Crippen molar-refractivity contribution in [3.8, 4) is 5.88 Å². The number of thiazole rings is 1. The van der Waals surface area contributed by atoms with Crippen LogP contribution >= 0.6 is 11.3 Å². The van der Waals surface area contributed by atoms with Crippen LogP contribution in [0.4, 0.5) is 5.13 Å². The molecule has 1 saturated heterocycles. The Morgan fingerprint density at radius 1 is 1.13 bits per heavy atom. The summed E-state index contributed by atoms with van der Waals surface area (Å²) >= 11 is 1.28. The van der Waals surface area contributed by atoms with Crippen molar-refractivity contribution in [2.75, 3.05) is 32.1 Å². The van der Waals surface area contributed by atoms with Crippen molar-refractivity contribution in [2.45, 2.75) is 49.0 Å². The number of rotatable bonds is 11. The first-order valence-corrected chi connectivity index (χ1v) is 15.2. The zero-order valence-corrected chi connectivity index (χ0v) is 23.1. The molecule has 2 aromatic heterocycles. The van der Waals surface area contributed by atoms with E-state index >= 15 is 0 Å². The molecule has 3 heterocycles. The van der Waals surface area contributed by atoms with Gasteiger partial charge >= 0.3 is 5.97 Å². The quantitative estimate of drug-likeness (QED) is 0.314. The zero-order chi connectivity index (χ0) is 27.6. The average Bonchev–Trinajstić information content (AvgIpc) is 3.54.